The van der Waals surface area contributed by atoms with Gasteiger partial charge in [0.15, 0.2) is 0 Å². The smallest absolute Gasteiger partial charge is 0.251 e. The van der Waals surface area contributed by atoms with Gasteiger partial charge in [-0.1, -0.05) is 12.1 Å². The molecule has 0 radical (unpaired) electrons. The van der Waals surface area contributed by atoms with Crippen LogP contribution in [-0.2, 0) is 6.61 Å². The Kier molecular flexibility index (Phi) is 5.82. The summed E-state index contributed by atoms with van der Waals surface area (Å²) in [6.07, 6.45) is 0. The molecular weight excluding hydrogens is 306 g/mol. The fourth-order valence-corrected chi connectivity index (χ4v) is 2.01. The average Bonchev–Trinajstić information content (AvgIpc) is 2.60. The summed E-state index contributed by atoms with van der Waals surface area (Å²) >= 11 is 0. The Balaban J connectivity index is 1.92. The van der Waals surface area contributed by atoms with Crippen LogP contribution in [0.2, 0.25) is 0 Å². The molecule has 0 atom stereocenters. The van der Waals surface area contributed by atoms with Crippen LogP contribution in [0.3, 0.4) is 0 Å². The van der Waals surface area contributed by atoms with Crippen molar-refractivity contribution in [1.29, 1.82) is 0 Å². The molecule has 1 amide bonds. The van der Waals surface area contributed by atoms with E-state index in [1.54, 1.807) is 33.1 Å². The highest BCUT2D eigenvalue weighted by Crippen LogP contribution is 2.18. The van der Waals surface area contributed by atoms with E-state index < -0.39 is 5.54 Å². The standard InChI is InChI=1S/C19H23NO4/c1-19(2,13-21)20-18(22)15-6-4-14(5-7-15)12-24-17-10-8-16(23-3)9-11-17/h4-11,21H,12-13H2,1-3H3,(H,20,22). The highest BCUT2D eigenvalue weighted by Gasteiger charge is 2.19. The summed E-state index contributed by atoms with van der Waals surface area (Å²) in [5.41, 5.74) is 0.862. The van der Waals surface area contributed by atoms with E-state index in [9.17, 15) is 9.90 Å². The molecule has 0 aliphatic carbocycles. The minimum atomic E-state index is -0.646. The first-order valence-electron chi connectivity index (χ1n) is 7.73. The largest absolute Gasteiger partial charge is 0.497 e. The van der Waals surface area contributed by atoms with E-state index in [4.69, 9.17) is 9.47 Å². The van der Waals surface area contributed by atoms with Crippen LogP contribution in [-0.4, -0.2) is 30.3 Å². The lowest BCUT2D eigenvalue weighted by Crippen LogP contribution is -2.46. The molecule has 0 aromatic heterocycles. The number of benzene rings is 2. The van der Waals surface area contributed by atoms with Gasteiger partial charge in [-0.15, -0.1) is 0 Å². The fraction of sp³-hybridized carbons (Fsp3) is 0.316. The Morgan fingerprint density at radius 1 is 1.04 bits per heavy atom. The molecule has 24 heavy (non-hydrogen) atoms. The number of methoxy groups -OCH3 is 1. The quantitative estimate of drug-likeness (QED) is 0.820. The van der Waals surface area contributed by atoms with E-state index in [0.29, 0.717) is 12.2 Å². The van der Waals surface area contributed by atoms with Crippen LogP contribution in [0.25, 0.3) is 0 Å². The topological polar surface area (TPSA) is 67.8 Å². The van der Waals surface area contributed by atoms with E-state index in [1.165, 1.54) is 0 Å². The molecule has 5 heteroatoms. The van der Waals surface area contributed by atoms with Crippen LogP contribution < -0.4 is 14.8 Å². The van der Waals surface area contributed by atoms with E-state index in [-0.39, 0.29) is 12.5 Å². The van der Waals surface area contributed by atoms with Crippen molar-refractivity contribution in [2.24, 2.45) is 0 Å². The summed E-state index contributed by atoms with van der Waals surface area (Å²) in [5, 5.41) is 12.0. The third-order valence-electron chi connectivity index (χ3n) is 3.53. The fourth-order valence-electron chi connectivity index (χ4n) is 2.01. The van der Waals surface area contributed by atoms with E-state index in [0.717, 1.165) is 17.1 Å². The van der Waals surface area contributed by atoms with Gasteiger partial charge < -0.3 is 19.9 Å². The third kappa shape index (κ3) is 4.99. The van der Waals surface area contributed by atoms with Crippen LogP contribution in [0.15, 0.2) is 48.5 Å². The molecule has 0 aliphatic rings. The van der Waals surface area contributed by atoms with Crippen molar-refractivity contribution in [1.82, 2.24) is 5.32 Å². The number of amides is 1. The SMILES string of the molecule is COc1ccc(OCc2ccc(C(=O)NC(C)(C)CO)cc2)cc1. The Morgan fingerprint density at radius 2 is 1.62 bits per heavy atom. The molecule has 2 aromatic carbocycles. The van der Waals surface area contributed by atoms with Gasteiger partial charge in [-0.3, -0.25) is 4.79 Å². The third-order valence-corrected chi connectivity index (χ3v) is 3.53. The first-order valence-corrected chi connectivity index (χ1v) is 7.73. The summed E-state index contributed by atoms with van der Waals surface area (Å²) in [7, 11) is 1.62. The number of nitrogens with one attached hydrogen (secondary N) is 1. The number of rotatable bonds is 7. The predicted octanol–water partition coefficient (Wildman–Crippen LogP) is 2.77. The van der Waals surface area contributed by atoms with Crippen molar-refractivity contribution in [2.45, 2.75) is 26.0 Å². The second kappa shape index (κ2) is 7.84. The van der Waals surface area contributed by atoms with Crippen LogP contribution in [0.5, 0.6) is 11.5 Å². The maximum atomic E-state index is 12.1. The molecule has 2 aromatic rings. The zero-order valence-electron chi connectivity index (χ0n) is 14.2. The Bertz CT molecular complexity index is 663. The summed E-state index contributed by atoms with van der Waals surface area (Å²) in [6.45, 7) is 3.83. The molecule has 128 valence electrons. The van der Waals surface area contributed by atoms with Gasteiger partial charge in [-0.05, 0) is 55.8 Å². The summed E-state index contributed by atoms with van der Waals surface area (Å²) in [6, 6.07) is 14.6. The molecule has 0 spiro atoms. The van der Waals surface area contributed by atoms with Gasteiger partial charge in [0, 0.05) is 5.56 Å². The van der Waals surface area contributed by atoms with Crippen LogP contribution in [0, 0.1) is 0 Å². The second-order valence-electron chi connectivity index (χ2n) is 6.16. The molecule has 0 unspecified atom stereocenters. The molecule has 0 saturated carbocycles. The summed E-state index contributed by atoms with van der Waals surface area (Å²) in [5.74, 6) is 1.32. The van der Waals surface area contributed by atoms with Crippen molar-refractivity contribution < 1.29 is 19.4 Å². The van der Waals surface area contributed by atoms with Gasteiger partial charge in [0.05, 0.1) is 19.3 Å². The van der Waals surface area contributed by atoms with Crippen molar-refractivity contribution in [3.8, 4) is 11.5 Å². The number of aliphatic hydroxyl groups is 1. The van der Waals surface area contributed by atoms with Crippen LogP contribution in [0.4, 0.5) is 0 Å². The van der Waals surface area contributed by atoms with E-state index >= 15 is 0 Å². The average molecular weight is 329 g/mol. The highest BCUT2D eigenvalue weighted by atomic mass is 16.5. The first-order chi connectivity index (χ1) is 11.4. The van der Waals surface area contributed by atoms with Crippen molar-refractivity contribution >= 4 is 5.91 Å². The Hall–Kier alpha value is -2.53. The van der Waals surface area contributed by atoms with Gasteiger partial charge >= 0.3 is 0 Å². The minimum absolute atomic E-state index is 0.119. The molecule has 0 heterocycles. The van der Waals surface area contributed by atoms with Gasteiger partial charge in [-0.2, -0.15) is 0 Å². The first kappa shape index (κ1) is 17.8. The van der Waals surface area contributed by atoms with Gasteiger partial charge in [-0.25, -0.2) is 0 Å². The lowest BCUT2D eigenvalue weighted by Gasteiger charge is -2.23. The Labute approximate surface area is 142 Å². The van der Waals surface area contributed by atoms with Gasteiger partial charge in [0.25, 0.3) is 5.91 Å². The molecule has 2 N–H and O–H groups in total. The number of hydrogen-bond acceptors (Lipinski definition) is 4. The molecule has 0 bridgehead atoms. The maximum absolute atomic E-state index is 12.1. The van der Waals surface area contributed by atoms with Crippen molar-refractivity contribution in [3.05, 3.63) is 59.7 Å². The van der Waals surface area contributed by atoms with Gasteiger partial charge in [0.2, 0.25) is 0 Å². The Morgan fingerprint density at radius 3 is 2.17 bits per heavy atom. The number of carbonyl (C=O) groups is 1. The molecular formula is C19H23NO4. The summed E-state index contributed by atoms with van der Waals surface area (Å²) in [4.78, 5) is 12.1. The van der Waals surface area contributed by atoms with Crippen molar-refractivity contribution in [3.63, 3.8) is 0 Å². The molecule has 5 nitrogen and oxygen atoms in total. The monoisotopic (exact) mass is 329 g/mol. The van der Waals surface area contributed by atoms with E-state index in [2.05, 4.69) is 5.32 Å². The lowest BCUT2D eigenvalue weighted by atomic mass is 10.1. The van der Waals surface area contributed by atoms with Crippen LogP contribution >= 0.6 is 0 Å². The summed E-state index contributed by atoms with van der Waals surface area (Å²) < 4.78 is 10.8. The molecule has 0 saturated heterocycles. The van der Waals surface area contributed by atoms with E-state index in [1.807, 2.05) is 36.4 Å². The minimum Gasteiger partial charge on any atom is -0.497 e. The lowest BCUT2D eigenvalue weighted by molar-refractivity contribution is 0.0869. The van der Waals surface area contributed by atoms with Gasteiger partial charge in [0.1, 0.15) is 18.1 Å². The predicted molar refractivity (Wildman–Crippen MR) is 92.4 cm³/mol. The maximum Gasteiger partial charge on any atom is 0.251 e. The van der Waals surface area contributed by atoms with Crippen LogP contribution in [0.1, 0.15) is 29.8 Å². The molecule has 0 fully saturated rings. The number of ether oxygens (including phenoxy) is 2. The number of hydrogen-bond donors (Lipinski definition) is 2. The number of aliphatic hydroxyl groups excluding tert-OH is 1. The zero-order chi connectivity index (χ0) is 17.6. The second-order valence-corrected chi connectivity index (χ2v) is 6.16. The molecule has 0 aliphatic heterocycles. The molecule has 2 rings (SSSR count). The zero-order valence-corrected chi connectivity index (χ0v) is 14.2. The van der Waals surface area contributed by atoms with Crippen molar-refractivity contribution in [2.75, 3.05) is 13.7 Å². The number of carbonyl (C=O) groups excluding carboxylic acids is 1. The normalized spacial score (nSPS) is 11.0. The highest BCUT2D eigenvalue weighted by molar-refractivity contribution is 5.94.